The van der Waals surface area contributed by atoms with Crippen LogP contribution in [0.3, 0.4) is 0 Å². The SMILES string of the molecule is CCC[C@H](O)CC(=O)O[C@H]1[C@H](O[C@H]2[C@H](O)[C@@H](O)[C@H](OC[C@H](O)CCCCCCCCCCCC[C@H](O)C(=O)O)O[C@@H]2COC(C)=O)O[C@H](CO)[C@@H](O)[C@@H]1O. The largest absolute Gasteiger partial charge is 0.479 e. The lowest BCUT2D eigenvalue weighted by Gasteiger charge is -2.46. The van der Waals surface area contributed by atoms with Gasteiger partial charge in [0, 0.05) is 6.92 Å². The van der Waals surface area contributed by atoms with Gasteiger partial charge in [-0.25, -0.2) is 4.79 Å². The molecule has 0 radical (unpaired) electrons. The van der Waals surface area contributed by atoms with Crippen LogP contribution in [0.15, 0.2) is 0 Å². The summed E-state index contributed by atoms with van der Waals surface area (Å²) in [4.78, 5) is 34.9. The van der Waals surface area contributed by atoms with Gasteiger partial charge in [0.25, 0.3) is 0 Å². The summed E-state index contributed by atoms with van der Waals surface area (Å²) in [5, 5.41) is 91.6. The summed E-state index contributed by atoms with van der Waals surface area (Å²) in [5.41, 5.74) is 0. The zero-order valence-corrected chi connectivity index (χ0v) is 31.4. The molecule has 0 bridgehead atoms. The first-order valence-corrected chi connectivity index (χ1v) is 19.2. The number of unbranched alkanes of at least 4 members (excludes halogenated alkanes) is 9. The van der Waals surface area contributed by atoms with Crippen molar-refractivity contribution in [1.29, 1.82) is 0 Å². The Hall–Kier alpha value is -2.07. The van der Waals surface area contributed by atoms with Crippen molar-refractivity contribution in [2.75, 3.05) is 19.8 Å². The summed E-state index contributed by atoms with van der Waals surface area (Å²) in [5.74, 6) is -2.84. The lowest BCUT2D eigenvalue weighted by atomic mass is 9.96. The van der Waals surface area contributed by atoms with Gasteiger partial charge in [0.2, 0.25) is 0 Å². The fraction of sp³-hybridized carbons (Fsp3) is 0.917. The minimum absolute atomic E-state index is 0.250. The summed E-state index contributed by atoms with van der Waals surface area (Å²) >= 11 is 0. The summed E-state index contributed by atoms with van der Waals surface area (Å²) in [6.07, 6.45) is -9.07. The van der Waals surface area contributed by atoms with E-state index in [0.717, 1.165) is 64.7 Å². The van der Waals surface area contributed by atoms with Gasteiger partial charge in [-0.2, -0.15) is 0 Å². The van der Waals surface area contributed by atoms with E-state index in [4.69, 9.17) is 33.5 Å². The van der Waals surface area contributed by atoms with Gasteiger partial charge in [0.05, 0.1) is 31.8 Å². The molecule has 0 aliphatic carbocycles. The standard InChI is InChI=1S/C36H64O18/c1-3-14-22(39)17-27(42)53-33-29(44)28(43)25(18-37)51-36(33)54-32-26(20-49-21(2)38)52-35(31(46)30(32)45)50-19-23(40)15-12-10-8-6-4-5-7-9-11-13-16-24(41)34(47)48/h22-26,28-33,35-37,39-41,43-46H,3-20H2,1-2H3,(H,47,48)/t22-,23+,24-,25+,26+,28+,29-,30+,31+,32+,33+,35+,36-/m0/s1. The molecule has 2 heterocycles. The van der Waals surface area contributed by atoms with Crippen molar-refractivity contribution in [2.24, 2.45) is 0 Å². The van der Waals surface area contributed by atoms with Crippen LogP contribution in [0.25, 0.3) is 0 Å². The van der Waals surface area contributed by atoms with E-state index in [2.05, 4.69) is 0 Å². The zero-order chi connectivity index (χ0) is 40.2. The third kappa shape index (κ3) is 17.0. The Balaban J connectivity index is 1.88. The Morgan fingerprint density at radius 2 is 1.24 bits per heavy atom. The van der Waals surface area contributed by atoms with Crippen LogP contribution in [0.5, 0.6) is 0 Å². The van der Waals surface area contributed by atoms with Crippen molar-refractivity contribution in [2.45, 2.75) is 190 Å². The first-order valence-electron chi connectivity index (χ1n) is 19.2. The number of hydrogen-bond acceptors (Lipinski definition) is 17. The van der Waals surface area contributed by atoms with E-state index in [0.29, 0.717) is 25.7 Å². The fourth-order valence-corrected chi connectivity index (χ4v) is 6.36. The average molecular weight is 785 g/mol. The maximum atomic E-state index is 12.6. The van der Waals surface area contributed by atoms with E-state index in [1.54, 1.807) is 6.92 Å². The second kappa shape index (κ2) is 26.0. The fourth-order valence-electron chi connectivity index (χ4n) is 6.36. The minimum atomic E-state index is -1.83. The van der Waals surface area contributed by atoms with Crippen LogP contribution >= 0.6 is 0 Å². The van der Waals surface area contributed by atoms with Crippen LogP contribution in [0.1, 0.15) is 110 Å². The maximum Gasteiger partial charge on any atom is 0.332 e. The van der Waals surface area contributed by atoms with Crippen LogP contribution in [0, 0.1) is 0 Å². The molecule has 0 aromatic carbocycles. The Morgan fingerprint density at radius 3 is 1.80 bits per heavy atom. The number of aliphatic carboxylic acids is 1. The average Bonchev–Trinajstić information content (AvgIpc) is 3.12. The van der Waals surface area contributed by atoms with Crippen molar-refractivity contribution in [1.82, 2.24) is 0 Å². The van der Waals surface area contributed by atoms with E-state index in [1.807, 2.05) is 0 Å². The van der Waals surface area contributed by atoms with Gasteiger partial charge in [-0.3, -0.25) is 9.59 Å². The highest BCUT2D eigenvalue weighted by atomic mass is 16.8. The normalized spacial score (nSPS) is 30.3. The van der Waals surface area contributed by atoms with E-state index < -0.39 is 117 Å². The third-order valence-electron chi connectivity index (χ3n) is 9.50. The molecule has 2 rings (SSSR count). The van der Waals surface area contributed by atoms with Gasteiger partial charge in [-0.05, 0) is 19.3 Å². The van der Waals surface area contributed by atoms with Gasteiger partial charge in [-0.1, -0.05) is 77.6 Å². The van der Waals surface area contributed by atoms with E-state index in [-0.39, 0.29) is 13.0 Å². The molecule has 0 aromatic rings. The first-order chi connectivity index (χ1) is 25.7. The number of carboxylic acid groups (broad SMARTS) is 1. The molecule has 18 nitrogen and oxygen atoms in total. The molecule has 0 spiro atoms. The maximum absolute atomic E-state index is 12.6. The Morgan fingerprint density at radius 1 is 0.685 bits per heavy atom. The number of aliphatic hydroxyl groups is 8. The quantitative estimate of drug-likeness (QED) is 0.0385. The van der Waals surface area contributed by atoms with E-state index in [9.17, 15) is 55.2 Å². The highest BCUT2D eigenvalue weighted by Crippen LogP contribution is 2.31. The molecule has 2 aliphatic heterocycles. The lowest BCUT2D eigenvalue weighted by Crippen LogP contribution is -2.65. The van der Waals surface area contributed by atoms with Crippen LogP contribution in [0.4, 0.5) is 0 Å². The third-order valence-corrected chi connectivity index (χ3v) is 9.50. The first kappa shape index (κ1) is 48.1. The molecular weight excluding hydrogens is 720 g/mol. The van der Waals surface area contributed by atoms with Gasteiger partial charge < -0.3 is 74.4 Å². The highest BCUT2D eigenvalue weighted by molar-refractivity contribution is 5.71. The van der Waals surface area contributed by atoms with Gasteiger partial charge in [-0.15, -0.1) is 0 Å². The number of carboxylic acids is 1. The van der Waals surface area contributed by atoms with E-state index >= 15 is 0 Å². The van der Waals surface area contributed by atoms with Gasteiger partial charge in [0.1, 0.15) is 49.3 Å². The van der Waals surface area contributed by atoms with Crippen molar-refractivity contribution >= 4 is 17.9 Å². The van der Waals surface area contributed by atoms with Crippen molar-refractivity contribution in [3.05, 3.63) is 0 Å². The molecule has 2 saturated heterocycles. The summed E-state index contributed by atoms with van der Waals surface area (Å²) in [7, 11) is 0. The summed E-state index contributed by atoms with van der Waals surface area (Å²) in [6.45, 7) is 1.41. The molecular formula is C36H64O18. The highest BCUT2D eigenvalue weighted by Gasteiger charge is 2.52. The van der Waals surface area contributed by atoms with Gasteiger partial charge >= 0.3 is 17.9 Å². The van der Waals surface area contributed by atoms with Crippen molar-refractivity contribution in [3.8, 4) is 0 Å². The second-order valence-electron chi connectivity index (χ2n) is 14.2. The number of aliphatic hydroxyl groups excluding tert-OH is 8. The predicted octanol–water partition coefficient (Wildman–Crippen LogP) is -0.212. The van der Waals surface area contributed by atoms with E-state index in [1.165, 1.54) is 0 Å². The predicted molar refractivity (Wildman–Crippen MR) is 186 cm³/mol. The molecule has 18 heteroatoms. The monoisotopic (exact) mass is 784 g/mol. The molecule has 2 aliphatic rings. The Labute approximate surface area is 316 Å². The van der Waals surface area contributed by atoms with Crippen molar-refractivity contribution < 1.29 is 88.8 Å². The molecule has 13 atom stereocenters. The second-order valence-corrected chi connectivity index (χ2v) is 14.2. The minimum Gasteiger partial charge on any atom is -0.479 e. The molecule has 0 saturated carbocycles. The van der Waals surface area contributed by atoms with Crippen LogP contribution in [0.2, 0.25) is 0 Å². The van der Waals surface area contributed by atoms with Crippen LogP contribution in [-0.4, -0.2) is 163 Å². The summed E-state index contributed by atoms with van der Waals surface area (Å²) < 4.78 is 33.3. The number of ether oxygens (including phenoxy) is 6. The smallest absolute Gasteiger partial charge is 0.332 e. The Kier molecular flexibility index (Phi) is 23.1. The number of carbonyl (C=O) groups is 3. The number of hydrogen-bond donors (Lipinski definition) is 9. The summed E-state index contributed by atoms with van der Waals surface area (Å²) in [6, 6.07) is 0. The molecule has 0 amide bonds. The molecule has 0 unspecified atom stereocenters. The molecule has 9 N–H and O–H groups in total. The number of carbonyl (C=O) groups excluding carboxylic acids is 2. The van der Waals surface area contributed by atoms with Crippen LogP contribution < -0.4 is 0 Å². The molecule has 54 heavy (non-hydrogen) atoms. The molecule has 316 valence electrons. The van der Waals surface area contributed by atoms with Crippen molar-refractivity contribution in [3.63, 3.8) is 0 Å². The number of rotatable bonds is 27. The number of esters is 2. The van der Waals surface area contributed by atoms with Crippen LogP contribution in [-0.2, 0) is 42.8 Å². The Bertz CT molecular complexity index is 1060. The zero-order valence-electron chi connectivity index (χ0n) is 31.4. The lowest BCUT2D eigenvalue weighted by molar-refractivity contribution is -0.361. The molecule has 0 aromatic heterocycles. The van der Waals surface area contributed by atoms with Gasteiger partial charge in [0.15, 0.2) is 24.8 Å². The molecule has 2 fully saturated rings. The topological polar surface area (TPSA) is 289 Å².